The highest BCUT2D eigenvalue weighted by molar-refractivity contribution is 5.36. The molecule has 0 saturated carbocycles. The van der Waals surface area contributed by atoms with Crippen LogP contribution in [-0.2, 0) is 9.47 Å². The third kappa shape index (κ3) is 3.08. The lowest BCUT2D eigenvalue weighted by Gasteiger charge is -2.31. The van der Waals surface area contributed by atoms with Crippen molar-refractivity contribution in [3.63, 3.8) is 0 Å². The van der Waals surface area contributed by atoms with E-state index in [-0.39, 0.29) is 12.4 Å². The second-order valence-corrected chi connectivity index (χ2v) is 5.16. The number of benzene rings is 1. The van der Waals surface area contributed by atoms with E-state index in [4.69, 9.17) is 14.2 Å². The van der Waals surface area contributed by atoms with Crippen molar-refractivity contribution in [3.05, 3.63) is 29.8 Å². The Kier molecular flexibility index (Phi) is 4.01. The Balaban J connectivity index is 1.56. The van der Waals surface area contributed by atoms with Crippen LogP contribution in [0, 0.1) is 0 Å². The van der Waals surface area contributed by atoms with E-state index in [1.54, 1.807) is 0 Å². The molecular formula is C15H20O4. The van der Waals surface area contributed by atoms with Gasteiger partial charge in [-0.15, -0.1) is 0 Å². The summed E-state index contributed by atoms with van der Waals surface area (Å²) in [4.78, 5) is 0. The summed E-state index contributed by atoms with van der Waals surface area (Å²) in [5.74, 6) is 0.763. The van der Waals surface area contributed by atoms with Crippen molar-refractivity contribution in [2.24, 2.45) is 0 Å². The molecule has 2 aliphatic rings. The molecule has 1 N–H and O–H groups in total. The third-order valence-electron chi connectivity index (χ3n) is 3.66. The number of hydrogen-bond donors (Lipinski definition) is 1. The number of aliphatic hydroxyl groups excluding tert-OH is 1. The molecule has 1 aromatic carbocycles. The molecule has 3 rings (SSSR count). The van der Waals surface area contributed by atoms with Gasteiger partial charge in [-0.05, 0) is 25.3 Å². The molecule has 1 fully saturated rings. The molecular weight excluding hydrogens is 244 g/mol. The fourth-order valence-corrected chi connectivity index (χ4v) is 2.63. The van der Waals surface area contributed by atoms with Crippen LogP contribution in [0.3, 0.4) is 0 Å². The average molecular weight is 264 g/mol. The van der Waals surface area contributed by atoms with Crippen molar-refractivity contribution in [2.75, 3.05) is 13.2 Å². The molecule has 2 aliphatic heterocycles. The van der Waals surface area contributed by atoms with E-state index < -0.39 is 6.10 Å². The number of aliphatic hydroxyl groups is 1. The minimum Gasteiger partial charge on any atom is -0.488 e. The Hall–Kier alpha value is -1.10. The highest BCUT2D eigenvalue weighted by atomic mass is 16.7. The van der Waals surface area contributed by atoms with Gasteiger partial charge in [-0.1, -0.05) is 18.2 Å². The molecule has 1 aromatic rings. The highest BCUT2D eigenvalue weighted by Crippen LogP contribution is 2.34. The van der Waals surface area contributed by atoms with Gasteiger partial charge in [-0.25, -0.2) is 0 Å². The van der Waals surface area contributed by atoms with Gasteiger partial charge >= 0.3 is 0 Å². The van der Waals surface area contributed by atoms with E-state index in [2.05, 4.69) is 0 Å². The van der Waals surface area contributed by atoms with E-state index in [9.17, 15) is 5.11 Å². The lowest BCUT2D eigenvalue weighted by Crippen LogP contribution is -2.33. The predicted molar refractivity (Wildman–Crippen MR) is 70.0 cm³/mol. The monoisotopic (exact) mass is 264 g/mol. The summed E-state index contributed by atoms with van der Waals surface area (Å²) < 4.78 is 17.1. The van der Waals surface area contributed by atoms with Gasteiger partial charge in [0.2, 0.25) is 0 Å². The van der Waals surface area contributed by atoms with Crippen LogP contribution in [0.25, 0.3) is 0 Å². The summed E-state index contributed by atoms with van der Waals surface area (Å²) in [5, 5.41) is 10.1. The van der Waals surface area contributed by atoms with Gasteiger partial charge < -0.3 is 19.3 Å². The van der Waals surface area contributed by atoms with Crippen LogP contribution in [-0.4, -0.2) is 30.7 Å². The first-order valence-electron chi connectivity index (χ1n) is 7.00. The number of fused-ring (bicyclic) bond motifs is 1. The lowest BCUT2D eigenvalue weighted by atomic mass is 9.99. The molecule has 0 aliphatic carbocycles. The lowest BCUT2D eigenvalue weighted by molar-refractivity contribution is -0.176. The van der Waals surface area contributed by atoms with Gasteiger partial charge in [0.15, 0.2) is 6.29 Å². The average Bonchev–Trinajstić information content (AvgIpc) is 2.46. The van der Waals surface area contributed by atoms with Crippen LogP contribution >= 0.6 is 0 Å². The van der Waals surface area contributed by atoms with Crippen molar-refractivity contribution in [3.8, 4) is 5.75 Å². The van der Waals surface area contributed by atoms with Crippen molar-refractivity contribution < 1.29 is 19.3 Å². The van der Waals surface area contributed by atoms with Gasteiger partial charge in [0, 0.05) is 18.6 Å². The molecule has 3 atom stereocenters. The summed E-state index contributed by atoms with van der Waals surface area (Å²) >= 11 is 0. The molecule has 0 radical (unpaired) electrons. The molecule has 2 heterocycles. The Labute approximate surface area is 113 Å². The van der Waals surface area contributed by atoms with Crippen LogP contribution in [0.1, 0.15) is 37.4 Å². The molecule has 0 spiro atoms. The van der Waals surface area contributed by atoms with Crippen molar-refractivity contribution in [1.82, 2.24) is 0 Å². The first-order valence-corrected chi connectivity index (χ1v) is 7.00. The summed E-state index contributed by atoms with van der Waals surface area (Å²) in [5.41, 5.74) is 0.868. The predicted octanol–water partition coefficient (Wildman–Crippen LogP) is 2.41. The zero-order valence-electron chi connectivity index (χ0n) is 11.0. The quantitative estimate of drug-likeness (QED) is 0.910. The molecule has 0 amide bonds. The Morgan fingerprint density at radius 1 is 1.26 bits per heavy atom. The number of para-hydroxylation sites is 1. The summed E-state index contributed by atoms with van der Waals surface area (Å²) in [6, 6.07) is 7.63. The van der Waals surface area contributed by atoms with Crippen LogP contribution in [0.4, 0.5) is 0 Å². The molecule has 4 heteroatoms. The van der Waals surface area contributed by atoms with Crippen molar-refractivity contribution in [1.29, 1.82) is 0 Å². The van der Waals surface area contributed by atoms with Crippen LogP contribution in [0.5, 0.6) is 5.75 Å². The maximum atomic E-state index is 10.1. The molecule has 4 nitrogen and oxygen atoms in total. The highest BCUT2D eigenvalue weighted by Gasteiger charge is 2.27. The Bertz CT molecular complexity index is 414. The molecule has 0 bridgehead atoms. The van der Waals surface area contributed by atoms with E-state index in [1.165, 1.54) is 0 Å². The second kappa shape index (κ2) is 5.90. The SMILES string of the molecule is OC1CC(COC2CCCCO2)Oc2ccccc21. The summed E-state index contributed by atoms with van der Waals surface area (Å²) in [7, 11) is 0. The molecule has 3 unspecified atom stereocenters. The normalized spacial score (nSPS) is 30.5. The van der Waals surface area contributed by atoms with Gasteiger partial charge in [-0.2, -0.15) is 0 Å². The third-order valence-corrected chi connectivity index (χ3v) is 3.66. The first-order chi connectivity index (χ1) is 9.33. The Morgan fingerprint density at radius 2 is 2.16 bits per heavy atom. The minimum atomic E-state index is -0.467. The molecule has 19 heavy (non-hydrogen) atoms. The minimum absolute atomic E-state index is 0.101. The topological polar surface area (TPSA) is 47.9 Å². The molecule has 104 valence electrons. The smallest absolute Gasteiger partial charge is 0.157 e. The van der Waals surface area contributed by atoms with Gasteiger partial charge in [-0.3, -0.25) is 0 Å². The van der Waals surface area contributed by atoms with Gasteiger partial charge in [0.1, 0.15) is 11.9 Å². The van der Waals surface area contributed by atoms with Crippen LogP contribution in [0.2, 0.25) is 0 Å². The van der Waals surface area contributed by atoms with Crippen LogP contribution < -0.4 is 4.74 Å². The van der Waals surface area contributed by atoms with Crippen molar-refractivity contribution >= 4 is 0 Å². The van der Waals surface area contributed by atoms with E-state index in [0.717, 1.165) is 37.2 Å². The molecule has 1 saturated heterocycles. The number of rotatable bonds is 3. The van der Waals surface area contributed by atoms with Gasteiger partial charge in [0.25, 0.3) is 0 Å². The molecule has 0 aromatic heterocycles. The Morgan fingerprint density at radius 3 is 3.00 bits per heavy atom. The first kappa shape index (κ1) is 12.9. The standard InChI is InChI=1S/C15H20O4/c16-13-9-11(10-18-15-7-3-4-8-17-15)19-14-6-2-1-5-12(13)14/h1-2,5-6,11,13,15-16H,3-4,7-10H2. The summed E-state index contributed by atoms with van der Waals surface area (Å²) in [6.45, 7) is 1.25. The van der Waals surface area contributed by atoms with E-state index in [1.807, 2.05) is 24.3 Å². The zero-order valence-corrected chi connectivity index (χ0v) is 11.0. The fraction of sp³-hybridized carbons (Fsp3) is 0.600. The maximum absolute atomic E-state index is 10.1. The number of hydrogen-bond acceptors (Lipinski definition) is 4. The van der Waals surface area contributed by atoms with E-state index in [0.29, 0.717) is 13.0 Å². The second-order valence-electron chi connectivity index (χ2n) is 5.16. The van der Waals surface area contributed by atoms with Crippen molar-refractivity contribution in [2.45, 2.75) is 44.2 Å². The number of ether oxygens (including phenoxy) is 3. The largest absolute Gasteiger partial charge is 0.488 e. The summed E-state index contributed by atoms with van der Waals surface area (Å²) in [6.07, 6.45) is 3.12. The van der Waals surface area contributed by atoms with E-state index >= 15 is 0 Å². The van der Waals surface area contributed by atoms with Gasteiger partial charge in [0.05, 0.1) is 12.7 Å². The van der Waals surface area contributed by atoms with Crippen LogP contribution in [0.15, 0.2) is 24.3 Å². The fourth-order valence-electron chi connectivity index (χ4n) is 2.63. The maximum Gasteiger partial charge on any atom is 0.157 e. The zero-order chi connectivity index (χ0) is 13.1.